The maximum atomic E-state index is 10.7. The summed E-state index contributed by atoms with van der Waals surface area (Å²) in [5.74, 6) is 0. The van der Waals surface area contributed by atoms with Crippen molar-refractivity contribution in [2.75, 3.05) is 6.54 Å². The van der Waals surface area contributed by atoms with Gasteiger partial charge in [-0.25, -0.2) is 0 Å². The number of hydrogen-bond acceptors (Lipinski definition) is 2. The van der Waals surface area contributed by atoms with Gasteiger partial charge in [0.05, 0.1) is 0 Å². The average Bonchev–Trinajstić information content (AvgIpc) is 2.18. The fourth-order valence-corrected chi connectivity index (χ4v) is 1.16. The van der Waals surface area contributed by atoms with Crippen molar-refractivity contribution in [3.63, 3.8) is 0 Å². The van der Waals surface area contributed by atoms with E-state index >= 15 is 0 Å². The summed E-state index contributed by atoms with van der Waals surface area (Å²) < 4.78 is 0. The SMILES string of the molecule is C=CCN(Cc1ccccc1)C(=O)[O-]. The number of carboxylic acid groups (broad SMARTS) is 1. The van der Waals surface area contributed by atoms with Crippen LogP contribution in [0.4, 0.5) is 4.79 Å². The number of carbonyl (C=O) groups is 1. The Labute approximate surface area is 83.3 Å². The summed E-state index contributed by atoms with van der Waals surface area (Å²) in [5, 5.41) is 10.7. The molecule has 0 bridgehead atoms. The molecule has 0 heterocycles. The molecule has 0 saturated heterocycles. The lowest BCUT2D eigenvalue weighted by molar-refractivity contribution is -0.265. The Morgan fingerprint density at radius 3 is 2.57 bits per heavy atom. The van der Waals surface area contributed by atoms with Gasteiger partial charge in [0.15, 0.2) is 0 Å². The normalized spacial score (nSPS) is 9.43. The Bertz CT molecular complexity index is 308. The average molecular weight is 190 g/mol. The molecule has 0 N–H and O–H groups in total. The van der Waals surface area contributed by atoms with Gasteiger partial charge in [-0.1, -0.05) is 36.4 Å². The topological polar surface area (TPSA) is 43.4 Å². The summed E-state index contributed by atoms with van der Waals surface area (Å²) in [4.78, 5) is 11.9. The molecule has 0 aromatic heterocycles. The van der Waals surface area contributed by atoms with Crippen LogP contribution in [-0.4, -0.2) is 17.5 Å². The van der Waals surface area contributed by atoms with Crippen LogP contribution in [0.2, 0.25) is 0 Å². The first-order chi connectivity index (χ1) is 6.74. The standard InChI is InChI=1S/C11H13NO2/c1-2-8-12(11(13)14)9-10-6-4-3-5-7-10/h2-7H,1,8-9H2,(H,13,14)/p-1. The number of amides is 1. The molecule has 0 aliphatic carbocycles. The molecule has 0 fully saturated rings. The molecule has 74 valence electrons. The summed E-state index contributed by atoms with van der Waals surface area (Å²) in [6, 6.07) is 9.38. The Morgan fingerprint density at radius 1 is 1.43 bits per heavy atom. The second-order valence-corrected chi connectivity index (χ2v) is 2.92. The van der Waals surface area contributed by atoms with Crippen LogP contribution in [-0.2, 0) is 6.54 Å². The molecular formula is C11H12NO2-. The highest BCUT2D eigenvalue weighted by Crippen LogP contribution is 2.03. The van der Waals surface area contributed by atoms with E-state index < -0.39 is 6.09 Å². The van der Waals surface area contributed by atoms with E-state index in [1.165, 1.54) is 4.90 Å². The van der Waals surface area contributed by atoms with Crippen molar-refractivity contribution in [2.45, 2.75) is 6.54 Å². The first-order valence-corrected chi connectivity index (χ1v) is 4.35. The second kappa shape index (κ2) is 5.07. The number of hydrogen-bond donors (Lipinski definition) is 0. The van der Waals surface area contributed by atoms with Gasteiger partial charge in [-0.2, -0.15) is 0 Å². The maximum Gasteiger partial charge on any atom is 0.137 e. The highest BCUT2D eigenvalue weighted by atomic mass is 16.4. The monoisotopic (exact) mass is 190 g/mol. The van der Waals surface area contributed by atoms with Crippen molar-refractivity contribution in [3.8, 4) is 0 Å². The molecule has 1 rings (SSSR count). The summed E-state index contributed by atoms with van der Waals surface area (Å²) in [6.45, 7) is 4.12. The minimum absolute atomic E-state index is 0.289. The molecule has 3 nitrogen and oxygen atoms in total. The third-order valence-electron chi connectivity index (χ3n) is 1.82. The van der Waals surface area contributed by atoms with Gasteiger partial charge < -0.3 is 14.8 Å². The summed E-state index contributed by atoms with van der Waals surface area (Å²) in [5.41, 5.74) is 0.943. The van der Waals surface area contributed by atoms with Gasteiger partial charge in [0, 0.05) is 13.1 Å². The zero-order valence-electron chi connectivity index (χ0n) is 7.85. The Kier molecular flexibility index (Phi) is 3.73. The van der Waals surface area contributed by atoms with Crippen LogP contribution < -0.4 is 5.11 Å². The van der Waals surface area contributed by atoms with Gasteiger partial charge in [-0.3, -0.25) is 0 Å². The Balaban J connectivity index is 2.64. The first-order valence-electron chi connectivity index (χ1n) is 4.35. The van der Waals surface area contributed by atoms with Crippen molar-refractivity contribution in [1.82, 2.24) is 4.90 Å². The summed E-state index contributed by atoms with van der Waals surface area (Å²) in [6.07, 6.45) is 0.368. The molecule has 1 aromatic rings. The smallest absolute Gasteiger partial charge is 0.137 e. The van der Waals surface area contributed by atoms with Crippen molar-refractivity contribution < 1.29 is 9.90 Å². The maximum absolute atomic E-state index is 10.7. The number of benzene rings is 1. The van der Waals surface area contributed by atoms with Gasteiger partial charge in [0.2, 0.25) is 0 Å². The van der Waals surface area contributed by atoms with E-state index in [0.29, 0.717) is 6.54 Å². The second-order valence-electron chi connectivity index (χ2n) is 2.92. The fraction of sp³-hybridized carbons (Fsp3) is 0.182. The predicted octanol–water partition coefficient (Wildman–Crippen LogP) is 1.02. The molecule has 0 spiro atoms. The van der Waals surface area contributed by atoms with Gasteiger partial charge in [0.25, 0.3) is 0 Å². The van der Waals surface area contributed by atoms with E-state index in [-0.39, 0.29) is 6.54 Å². The highest BCUT2D eigenvalue weighted by Gasteiger charge is 2.02. The third kappa shape index (κ3) is 2.94. The van der Waals surface area contributed by atoms with Gasteiger partial charge in [-0.05, 0) is 5.56 Å². The fourth-order valence-electron chi connectivity index (χ4n) is 1.16. The van der Waals surface area contributed by atoms with E-state index in [2.05, 4.69) is 6.58 Å². The predicted molar refractivity (Wildman–Crippen MR) is 52.4 cm³/mol. The van der Waals surface area contributed by atoms with E-state index in [0.717, 1.165) is 5.56 Å². The van der Waals surface area contributed by atoms with E-state index in [1.807, 2.05) is 30.3 Å². The van der Waals surface area contributed by atoms with Crippen LogP contribution in [0.25, 0.3) is 0 Å². The van der Waals surface area contributed by atoms with Crippen LogP contribution in [0.15, 0.2) is 43.0 Å². The minimum Gasteiger partial charge on any atom is -0.530 e. The van der Waals surface area contributed by atoms with Crippen molar-refractivity contribution in [3.05, 3.63) is 48.6 Å². The molecule has 1 aromatic carbocycles. The summed E-state index contributed by atoms with van der Waals surface area (Å²) >= 11 is 0. The van der Waals surface area contributed by atoms with E-state index in [4.69, 9.17) is 0 Å². The molecule has 0 atom stereocenters. The lowest BCUT2D eigenvalue weighted by atomic mass is 10.2. The molecule has 14 heavy (non-hydrogen) atoms. The number of nitrogens with zero attached hydrogens (tertiary/aromatic N) is 1. The molecule has 0 aliphatic rings. The highest BCUT2D eigenvalue weighted by molar-refractivity contribution is 5.62. The van der Waals surface area contributed by atoms with Crippen molar-refractivity contribution in [1.29, 1.82) is 0 Å². The zero-order valence-corrected chi connectivity index (χ0v) is 7.85. The first kappa shape index (κ1) is 10.3. The van der Waals surface area contributed by atoms with Crippen LogP contribution in [0, 0.1) is 0 Å². The lowest BCUT2D eigenvalue weighted by Crippen LogP contribution is -2.40. The lowest BCUT2D eigenvalue weighted by Gasteiger charge is -2.23. The van der Waals surface area contributed by atoms with Gasteiger partial charge >= 0.3 is 0 Å². The van der Waals surface area contributed by atoms with Gasteiger partial charge in [-0.15, -0.1) is 6.58 Å². The van der Waals surface area contributed by atoms with Crippen molar-refractivity contribution >= 4 is 6.09 Å². The van der Waals surface area contributed by atoms with E-state index in [9.17, 15) is 9.90 Å². The van der Waals surface area contributed by atoms with Crippen LogP contribution in [0.5, 0.6) is 0 Å². The number of rotatable bonds is 4. The largest absolute Gasteiger partial charge is 0.530 e. The third-order valence-corrected chi connectivity index (χ3v) is 1.82. The Hall–Kier alpha value is -1.77. The van der Waals surface area contributed by atoms with Crippen LogP contribution in [0.3, 0.4) is 0 Å². The summed E-state index contributed by atoms with van der Waals surface area (Å²) in [7, 11) is 0. The number of carbonyl (C=O) groups excluding carboxylic acids is 1. The quantitative estimate of drug-likeness (QED) is 0.665. The Morgan fingerprint density at radius 2 is 2.07 bits per heavy atom. The molecule has 1 amide bonds. The molecule has 0 radical (unpaired) electrons. The molecular weight excluding hydrogens is 178 g/mol. The zero-order chi connectivity index (χ0) is 10.4. The molecule has 0 aliphatic heterocycles. The van der Waals surface area contributed by atoms with Crippen LogP contribution >= 0.6 is 0 Å². The molecule has 0 unspecified atom stereocenters. The van der Waals surface area contributed by atoms with Gasteiger partial charge in [0.1, 0.15) is 6.09 Å². The van der Waals surface area contributed by atoms with Crippen molar-refractivity contribution in [2.24, 2.45) is 0 Å². The molecule has 3 heteroatoms. The van der Waals surface area contributed by atoms with E-state index in [1.54, 1.807) is 6.08 Å². The molecule has 0 saturated carbocycles. The minimum atomic E-state index is -1.17. The van der Waals surface area contributed by atoms with Crippen LogP contribution in [0.1, 0.15) is 5.56 Å².